The molecule has 6 heteroatoms. The van der Waals surface area contributed by atoms with Gasteiger partial charge in [0, 0.05) is 6.42 Å². The van der Waals surface area contributed by atoms with E-state index < -0.39 is 5.97 Å². The fraction of sp³-hybridized carbons (Fsp3) is 0.267. The van der Waals surface area contributed by atoms with Crippen LogP contribution in [-0.4, -0.2) is 26.8 Å². The van der Waals surface area contributed by atoms with Crippen LogP contribution >= 0.6 is 23.4 Å². The molecule has 1 N–H and O–H groups in total. The summed E-state index contributed by atoms with van der Waals surface area (Å²) in [5.74, 6) is -0.983. The third-order valence-electron chi connectivity index (χ3n) is 3.14. The van der Waals surface area contributed by atoms with Crippen molar-refractivity contribution >= 4 is 29.3 Å². The molecule has 0 aliphatic rings. The zero-order valence-electron chi connectivity index (χ0n) is 11.8. The predicted octanol–water partition coefficient (Wildman–Crippen LogP) is 3.51. The predicted molar refractivity (Wildman–Crippen MR) is 84.1 cm³/mol. The van der Waals surface area contributed by atoms with Crippen molar-refractivity contribution in [3.05, 3.63) is 51.8 Å². The molecule has 4 nitrogen and oxygen atoms in total. The molecule has 0 fully saturated rings. The summed E-state index contributed by atoms with van der Waals surface area (Å²) in [5, 5.41) is 9.43. The van der Waals surface area contributed by atoms with E-state index in [1.807, 2.05) is 6.07 Å². The van der Waals surface area contributed by atoms with E-state index in [0.29, 0.717) is 16.7 Å². The number of nitrogens with zero attached hydrogens (tertiary/aromatic N) is 2. The number of hydrogen-bond acceptors (Lipinski definition) is 4. The van der Waals surface area contributed by atoms with Crippen LogP contribution in [0.25, 0.3) is 0 Å². The first kappa shape index (κ1) is 15.8. The lowest BCUT2D eigenvalue weighted by molar-refractivity contribution is -0.133. The summed E-state index contributed by atoms with van der Waals surface area (Å²) in [5.41, 5.74) is 4.43. The monoisotopic (exact) mass is 322 g/mol. The van der Waals surface area contributed by atoms with Gasteiger partial charge in [0.1, 0.15) is 5.15 Å². The van der Waals surface area contributed by atoms with Gasteiger partial charge in [-0.05, 0) is 36.6 Å². The van der Waals surface area contributed by atoms with Gasteiger partial charge in [-0.2, -0.15) is 0 Å². The fourth-order valence-electron chi connectivity index (χ4n) is 1.92. The second-order valence-electron chi connectivity index (χ2n) is 4.68. The lowest BCUT2D eigenvalue weighted by atomic mass is 10.00. The first-order valence-electron chi connectivity index (χ1n) is 6.39. The van der Waals surface area contributed by atoms with Crippen molar-refractivity contribution in [2.24, 2.45) is 0 Å². The van der Waals surface area contributed by atoms with E-state index in [1.165, 1.54) is 16.7 Å². The molecule has 1 heterocycles. The van der Waals surface area contributed by atoms with Gasteiger partial charge in [-0.25, -0.2) is 9.97 Å². The van der Waals surface area contributed by atoms with E-state index in [0.717, 1.165) is 17.5 Å². The lowest BCUT2D eigenvalue weighted by Crippen LogP contribution is -2.02. The van der Waals surface area contributed by atoms with Crippen molar-refractivity contribution in [3.8, 4) is 0 Å². The molecule has 110 valence electrons. The van der Waals surface area contributed by atoms with Crippen molar-refractivity contribution in [1.29, 1.82) is 0 Å². The highest BCUT2D eigenvalue weighted by Gasteiger charge is 2.09. The third kappa shape index (κ3) is 4.44. The van der Waals surface area contributed by atoms with Crippen LogP contribution < -0.4 is 0 Å². The molecule has 2 aromatic rings. The number of aromatic nitrogens is 2. The molecular weight excluding hydrogens is 308 g/mol. The largest absolute Gasteiger partial charge is 0.481 e. The molecule has 0 unspecified atom stereocenters. The number of carboxylic acids is 1. The van der Waals surface area contributed by atoms with Crippen molar-refractivity contribution in [2.75, 3.05) is 5.75 Å². The summed E-state index contributed by atoms with van der Waals surface area (Å²) in [4.78, 5) is 19.0. The van der Waals surface area contributed by atoms with Crippen LogP contribution in [0.3, 0.4) is 0 Å². The minimum atomic E-state index is -0.903. The van der Waals surface area contributed by atoms with Gasteiger partial charge in [0.2, 0.25) is 0 Å². The lowest BCUT2D eigenvalue weighted by Gasteiger charge is -2.09. The Bertz CT molecular complexity index is 677. The molecule has 0 amide bonds. The Labute approximate surface area is 132 Å². The van der Waals surface area contributed by atoms with Gasteiger partial charge >= 0.3 is 5.97 Å². The van der Waals surface area contributed by atoms with Gasteiger partial charge in [0.05, 0.1) is 11.4 Å². The molecule has 1 aromatic carbocycles. The Hall–Kier alpha value is -1.59. The molecule has 2 rings (SSSR count). The number of benzene rings is 1. The maximum absolute atomic E-state index is 10.6. The highest BCUT2D eigenvalue weighted by molar-refractivity contribution is 7.99. The normalized spacial score (nSPS) is 10.6. The number of aryl methyl sites for hydroxylation is 1. The van der Waals surface area contributed by atoms with Crippen LogP contribution in [0.2, 0.25) is 5.15 Å². The van der Waals surface area contributed by atoms with Crippen LogP contribution in [0, 0.1) is 13.8 Å². The van der Waals surface area contributed by atoms with E-state index in [2.05, 4.69) is 35.9 Å². The van der Waals surface area contributed by atoms with Gasteiger partial charge < -0.3 is 5.11 Å². The van der Waals surface area contributed by atoms with E-state index in [4.69, 9.17) is 16.7 Å². The molecule has 0 aliphatic heterocycles. The van der Waals surface area contributed by atoms with E-state index >= 15 is 0 Å². The summed E-state index contributed by atoms with van der Waals surface area (Å²) in [6.07, 6.45) is 0.649. The average molecular weight is 323 g/mol. The van der Waals surface area contributed by atoms with Crippen LogP contribution in [0.15, 0.2) is 29.4 Å². The van der Waals surface area contributed by atoms with Gasteiger partial charge in [-0.3, -0.25) is 4.79 Å². The van der Waals surface area contributed by atoms with Crippen LogP contribution in [0.1, 0.15) is 22.4 Å². The summed E-state index contributed by atoms with van der Waals surface area (Å²) < 4.78 is 0. The van der Waals surface area contributed by atoms with E-state index in [1.54, 1.807) is 6.07 Å². The van der Waals surface area contributed by atoms with Gasteiger partial charge in [-0.15, -0.1) is 0 Å². The second kappa shape index (κ2) is 6.91. The standard InChI is InChI=1S/C15H15ClN2O2S/c1-9-4-3-5-11(10(9)2)6-12-7-13(16)18-15(17-12)21-8-14(19)20/h3-5,7H,6,8H2,1-2H3,(H,19,20). The Morgan fingerprint density at radius 2 is 2.10 bits per heavy atom. The zero-order valence-corrected chi connectivity index (χ0v) is 13.3. The highest BCUT2D eigenvalue weighted by atomic mass is 35.5. The third-order valence-corrected chi connectivity index (χ3v) is 4.17. The van der Waals surface area contributed by atoms with Crippen molar-refractivity contribution in [3.63, 3.8) is 0 Å². The highest BCUT2D eigenvalue weighted by Crippen LogP contribution is 2.20. The fourth-order valence-corrected chi connectivity index (χ4v) is 2.77. The minimum Gasteiger partial charge on any atom is -0.481 e. The molecule has 0 saturated heterocycles. The quantitative estimate of drug-likeness (QED) is 0.518. The van der Waals surface area contributed by atoms with Gasteiger partial charge in [0.15, 0.2) is 5.16 Å². The van der Waals surface area contributed by atoms with Crippen LogP contribution in [-0.2, 0) is 11.2 Å². The molecule has 0 bridgehead atoms. The first-order valence-corrected chi connectivity index (χ1v) is 7.75. The SMILES string of the molecule is Cc1cccc(Cc2cc(Cl)nc(SCC(=O)O)n2)c1C. The minimum absolute atomic E-state index is 0.0801. The smallest absolute Gasteiger partial charge is 0.313 e. The zero-order chi connectivity index (χ0) is 15.4. The molecular formula is C15H15ClN2O2S. The number of rotatable bonds is 5. The van der Waals surface area contributed by atoms with Gasteiger partial charge in [0.25, 0.3) is 0 Å². The number of halogens is 1. The average Bonchev–Trinajstić information content (AvgIpc) is 2.41. The molecule has 21 heavy (non-hydrogen) atoms. The summed E-state index contributed by atoms with van der Waals surface area (Å²) in [6, 6.07) is 7.86. The maximum Gasteiger partial charge on any atom is 0.313 e. The molecule has 0 aliphatic carbocycles. The van der Waals surface area contributed by atoms with Crippen molar-refractivity contribution in [2.45, 2.75) is 25.4 Å². The van der Waals surface area contributed by atoms with E-state index in [9.17, 15) is 4.79 Å². The topological polar surface area (TPSA) is 63.1 Å². The van der Waals surface area contributed by atoms with Crippen molar-refractivity contribution < 1.29 is 9.90 Å². The number of aliphatic carboxylic acids is 1. The molecule has 0 spiro atoms. The van der Waals surface area contributed by atoms with Crippen molar-refractivity contribution in [1.82, 2.24) is 9.97 Å². The summed E-state index contributed by atoms with van der Waals surface area (Å²) >= 11 is 7.06. The Morgan fingerprint density at radius 1 is 1.33 bits per heavy atom. The number of carbonyl (C=O) groups is 1. The number of hydrogen-bond donors (Lipinski definition) is 1. The van der Waals surface area contributed by atoms with Crippen LogP contribution in [0.4, 0.5) is 0 Å². The Morgan fingerprint density at radius 3 is 2.81 bits per heavy atom. The number of thioether (sulfide) groups is 1. The molecule has 0 radical (unpaired) electrons. The van der Waals surface area contributed by atoms with Gasteiger partial charge in [-0.1, -0.05) is 41.6 Å². The Balaban J connectivity index is 2.23. The maximum atomic E-state index is 10.6. The van der Waals surface area contributed by atoms with E-state index in [-0.39, 0.29) is 5.75 Å². The van der Waals surface area contributed by atoms with Crippen LogP contribution in [0.5, 0.6) is 0 Å². The number of carboxylic acid groups (broad SMARTS) is 1. The molecule has 0 atom stereocenters. The molecule has 0 saturated carbocycles. The first-order chi connectivity index (χ1) is 9.95. The summed E-state index contributed by atoms with van der Waals surface area (Å²) in [6.45, 7) is 4.15. The second-order valence-corrected chi connectivity index (χ2v) is 6.01. The Kier molecular flexibility index (Phi) is 5.20. The molecule has 1 aromatic heterocycles. The summed E-state index contributed by atoms with van der Waals surface area (Å²) in [7, 11) is 0.